The maximum Gasteiger partial charge on any atom is 0.248 e. The molecule has 2 fully saturated rings. The molecular weight excluding hydrogens is 388 g/mol. The number of piperidine rings is 1. The first-order valence-corrected chi connectivity index (χ1v) is 11.8. The van der Waals surface area contributed by atoms with Crippen molar-refractivity contribution in [2.24, 2.45) is 0 Å². The average molecular weight is 421 g/mol. The van der Waals surface area contributed by atoms with Gasteiger partial charge in [-0.1, -0.05) is 49.6 Å². The molecule has 0 bridgehead atoms. The van der Waals surface area contributed by atoms with Crippen molar-refractivity contribution < 1.29 is 9.90 Å². The summed E-state index contributed by atoms with van der Waals surface area (Å²) in [6.07, 6.45) is 10.2. The highest BCUT2D eigenvalue weighted by Gasteiger charge is 2.45. The summed E-state index contributed by atoms with van der Waals surface area (Å²) in [6.45, 7) is 0.975. The van der Waals surface area contributed by atoms with Crippen LogP contribution in [-0.2, 0) is 16.6 Å². The molecule has 1 saturated heterocycles. The number of benzene rings is 1. The minimum atomic E-state index is -0.403. The fourth-order valence-corrected chi connectivity index (χ4v) is 5.69. The van der Waals surface area contributed by atoms with E-state index >= 15 is 0 Å². The van der Waals surface area contributed by atoms with Gasteiger partial charge in [0.25, 0.3) is 0 Å². The topological polar surface area (TPSA) is 78.4 Å². The van der Waals surface area contributed by atoms with Crippen molar-refractivity contribution >= 4 is 11.7 Å². The molecule has 1 spiro atoms. The number of fused-ring (bicyclic) bond motifs is 2. The van der Waals surface area contributed by atoms with Crippen LogP contribution in [0.2, 0.25) is 0 Å². The van der Waals surface area contributed by atoms with Gasteiger partial charge >= 0.3 is 0 Å². The lowest BCUT2D eigenvalue weighted by atomic mass is 9.76. The fraction of sp³-hybridized carbons (Fsp3) is 0.560. The van der Waals surface area contributed by atoms with Gasteiger partial charge in [0.15, 0.2) is 5.82 Å². The Morgan fingerprint density at radius 1 is 1.06 bits per heavy atom. The molecule has 1 saturated carbocycles. The molecule has 31 heavy (non-hydrogen) atoms. The number of nitrogens with zero attached hydrogens (tertiary/aromatic N) is 3. The number of hydrogen-bond acceptors (Lipinski definition) is 5. The molecule has 5 rings (SSSR count). The molecule has 1 aliphatic heterocycles. The third-order valence-electron chi connectivity index (χ3n) is 7.55. The SMILES string of the molecule is O=C(CO)N1CCC2(CCc3c(NC4CCCCC4)nc(-c4ccccc4)nc32)CC1. The molecule has 2 N–H and O–H groups in total. The number of nitrogens with one attached hydrogen (secondary N) is 1. The van der Waals surface area contributed by atoms with Gasteiger partial charge in [-0.15, -0.1) is 0 Å². The van der Waals surface area contributed by atoms with Gasteiger partial charge in [0.2, 0.25) is 5.91 Å². The molecule has 6 heteroatoms. The summed E-state index contributed by atoms with van der Waals surface area (Å²) in [4.78, 5) is 23.9. The predicted octanol–water partition coefficient (Wildman–Crippen LogP) is 3.69. The van der Waals surface area contributed by atoms with Crippen LogP contribution in [0.1, 0.15) is 62.6 Å². The number of anilines is 1. The average Bonchev–Trinajstić information content (AvgIpc) is 3.18. The molecule has 0 radical (unpaired) electrons. The second kappa shape index (κ2) is 8.58. The summed E-state index contributed by atoms with van der Waals surface area (Å²) in [7, 11) is 0. The number of aromatic nitrogens is 2. The Labute approximate surface area is 184 Å². The number of carbonyl (C=O) groups is 1. The summed E-state index contributed by atoms with van der Waals surface area (Å²) in [5.41, 5.74) is 3.53. The van der Waals surface area contributed by atoms with Crippen molar-refractivity contribution in [3.8, 4) is 11.4 Å². The van der Waals surface area contributed by atoms with E-state index in [4.69, 9.17) is 9.97 Å². The van der Waals surface area contributed by atoms with Crippen LogP contribution in [0.5, 0.6) is 0 Å². The zero-order valence-electron chi connectivity index (χ0n) is 18.1. The molecule has 2 aromatic rings. The van der Waals surface area contributed by atoms with Crippen LogP contribution in [0, 0.1) is 0 Å². The van der Waals surface area contributed by atoms with E-state index in [0.29, 0.717) is 19.1 Å². The molecule has 6 nitrogen and oxygen atoms in total. The Morgan fingerprint density at radius 3 is 2.52 bits per heavy atom. The zero-order valence-corrected chi connectivity index (χ0v) is 18.1. The first kappa shape index (κ1) is 20.4. The van der Waals surface area contributed by atoms with Gasteiger partial charge in [-0.25, -0.2) is 9.97 Å². The number of hydrogen-bond donors (Lipinski definition) is 2. The smallest absolute Gasteiger partial charge is 0.248 e. The van der Waals surface area contributed by atoms with Crippen LogP contribution < -0.4 is 5.32 Å². The predicted molar refractivity (Wildman–Crippen MR) is 121 cm³/mol. The van der Waals surface area contributed by atoms with E-state index in [1.807, 2.05) is 18.2 Å². The van der Waals surface area contributed by atoms with Crippen molar-refractivity contribution in [1.82, 2.24) is 14.9 Å². The summed E-state index contributed by atoms with van der Waals surface area (Å²) in [5, 5.41) is 13.0. The van der Waals surface area contributed by atoms with E-state index in [0.717, 1.165) is 42.9 Å². The minimum absolute atomic E-state index is 0.0109. The van der Waals surface area contributed by atoms with Crippen LogP contribution in [0.4, 0.5) is 5.82 Å². The highest BCUT2D eigenvalue weighted by molar-refractivity contribution is 5.77. The number of aliphatic hydroxyl groups is 1. The van der Waals surface area contributed by atoms with Crippen LogP contribution in [0.3, 0.4) is 0 Å². The third-order valence-corrected chi connectivity index (χ3v) is 7.55. The lowest BCUT2D eigenvalue weighted by Crippen LogP contribution is -2.45. The van der Waals surface area contributed by atoms with Crippen molar-refractivity contribution in [2.45, 2.75) is 69.2 Å². The molecule has 2 heterocycles. The van der Waals surface area contributed by atoms with Gasteiger partial charge in [0, 0.05) is 35.7 Å². The molecule has 2 aliphatic carbocycles. The van der Waals surface area contributed by atoms with Gasteiger partial charge in [-0.2, -0.15) is 0 Å². The van der Waals surface area contributed by atoms with Gasteiger partial charge in [-0.05, 0) is 38.5 Å². The molecule has 0 unspecified atom stereocenters. The summed E-state index contributed by atoms with van der Waals surface area (Å²) < 4.78 is 0. The number of amides is 1. The van der Waals surface area contributed by atoms with E-state index in [1.54, 1.807) is 4.90 Å². The number of rotatable bonds is 4. The highest BCUT2D eigenvalue weighted by atomic mass is 16.3. The van der Waals surface area contributed by atoms with Crippen LogP contribution in [0.25, 0.3) is 11.4 Å². The first-order valence-electron chi connectivity index (χ1n) is 11.8. The lowest BCUT2D eigenvalue weighted by molar-refractivity contribution is -0.135. The molecule has 1 aromatic carbocycles. The highest BCUT2D eigenvalue weighted by Crippen LogP contribution is 2.47. The van der Waals surface area contributed by atoms with E-state index in [-0.39, 0.29) is 11.3 Å². The maximum atomic E-state index is 12.0. The van der Waals surface area contributed by atoms with E-state index in [9.17, 15) is 9.90 Å². The van der Waals surface area contributed by atoms with Gasteiger partial charge in [0.1, 0.15) is 12.4 Å². The van der Waals surface area contributed by atoms with Crippen molar-refractivity contribution in [1.29, 1.82) is 0 Å². The van der Waals surface area contributed by atoms with E-state index in [2.05, 4.69) is 17.4 Å². The van der Waals surface area contributed by atoms with Crippen LogP contribution >= 0.6 is 0 Å². The maximum absolute atomic E-state index is 12.0. The first-order chi connectivity index (χ1) is 15.2. The van der Waals surface area contributed by atoms with Gasteiger partial charge in [0.05, 0.1) is 5.69 Å². The molecular formula is C25H32N4O2. The Hall–Kier alpha value is -2.47. The molecule has 164 valence electrons. The Bertz CT molecular complexity index is 932. The number of likely N-dealkylation sites (tertiary alicyclic amines) is 1. The Morgan fingerprint density at radius 2 is 1.81 bits per heavy atom. The minimum Gasteiger partial charge on any atom is -0.387 e. The van der Waals surface area contributed by atoms with Gasteiger partial charge < -0.3 is 15.3 Å². The Kier molecular flexibility index (Phi) is 5.65. The quantitative estimate of drug-likeness (QED) is 0.789. The second-order valence-corrected chi connectivity index (χ2v) is 9.39. The normalized spacial score (nSPS) is 20.6. The summed E-state index contributed by atoms with van der Waals surface area (Å²) in [6, 6.07) is 10.8. The van der Waals surface area contributed by atoms with Crippen LogP contribution in [-0.4, -0.2) is 51.6 Å². The summed E-state index contributed by atoms with van der Waals surface area (Å²) >= 11 is 0. The largest absolute Gasteiger partial charge is 0.387 e. The van der Waals surface area contributed by atoms with E-state index in [1.165, 1.54) is 43.4 Å². The van der Waals surface area contributed by atoms with Crippen LogP contribution in [0.15, 0.2) is 30.3 Å². The van der Waals surface area contributed by atoms with Gasteiger partial charge in [-0.3, -0.25) is 4.79 Å². The molecule has 1 aromatic heterocycles. The van der Waals surface area contributed by atoms with E-state index < -0.39 is 6.61 Å². The van der Waals surface area contributed by atoms with Crippen molar-refractivity contribution in [2.75, 3.05) is 25.0 Å². The zero-order chi connectivity index (χ0) is 21.3. The third kappa shape index (κ3) is 3.93. The molecule has 0 atom stereocenters. The Balaban J connectivity index is 1.50. The fourth-order valence-electron chi connectivity index (χ4n) is 5.69. The van der Waals surface area contributed by atoms with Crippen molar-refractivity contribution in [3.05, 3.63) is 41.6 Å². The second-order valence-electron chi connectivity index (χ2n) is 9.39. The molecule has 1 amide bonds. The summed E-state index contributed by atoms with van der Waals surface area (Å²) in [5.74, 6) is 1.66. The number of carbonyl (C=O) groups excluding carboxylic acids is 1. The lowest BCUT2D eigenvalue weighted by Gasteiger charge is -2.39. The standard InChI is InChI=1S/C25H32N4O2/c30-17-21(31)29-15-13-25(14-16-29)12-11-20-22(25)27-23(18-7-3-1-4-8-18)28-24(20)26-19-9-5-2-6-10-19/h1,3-4,7-8,19,30H,2,5-6,9-17H2,(H,26,27,28). The monoisotopic (exact) mass is 420 g/mol. The number of aliphatic hydroxyl groups excluding tert-OH is 1. The van der Waals surface area contributed by atoms with Crippen molar-refractivity contribution in [3.63, 3.8) is 0 Å². The molecule has 3 aliphatic rings.